The number of anilines is 2. The molecule has 1 atom stereocenters. The molecule has 8 nitrogen and oxygen atoms in total. The van der Waals surface area contributed by atoms with Crippen molar-refractivity contribution < 1.29 is 14.3 Å². The Morgan fingerprint density at radius 3 is 2.58 bits per heavy atom. The first-order chi connectivity index (χ1) is 11.4. The fraction of sp³-hybridized carbons (Fsp3) is 0.200. The molecular weight excluding hydrogens is 332 g/mol. The molecule has 2 aromatic rings. The third-order valence-electron chi connectivity index (χ3n) is 2.97. The fourth-order valence-corrected chi connectivity index (χ4v) is 2.60. The van der Waals surface area contributed by atoms with Crippen molar-refractivity contribution in [3.63, 3.8) is 0 Å². The summed E-state index contributed by atoms with van der Waals surface area (Å²) in [6.45, 7) is 1.67. The summed E-state index contributed by atoms with van der Waals surface area (Å²) in [7, 11) is 1.30. The van der Waals surface area contributed by atoms with E-state index < -0.39 is 11.2 Å². The number of ether oxygens (including phenoxy) is 1. The predicted molar refractivity (Wildman–Crippen MR) is 91.0 cm³/mol. The monoisotopic (exact) mass is 348 g/mol. The maximum absolute atomic E-state index is 12.2. The second-order valence-corrected chi connectivity index (χ2v) is 6.12. The summed E-state index contributed by atoms with van der Waals surface area (Å²) in [5.41, 5.74) is 6.05. The van der Waals surface area contributed by atoms with E-state index in [0.717, 1.165) is 17.8 Å². The highest BCUT2D eigenvalue weighted by atomic mass is 32.2. The van der Waals surface area contributed by atoms with Gasteiger partial charge in [0.25, 0.3) is 5.56 Å². The molecule has 0 bridgehead atoms. The van der Waals surface area contributed by atoms with Crippen molar-refractivity contribution in [2.24, 2.45) is 0 Å². The Kier molecular flexibility index (Phi) is 5.59. The van der Waals surface area contributed by atoms with Gasteiger partial charge in [-0.3, -0.25) is 9.59 Å². The van der Waals surface area contributed by atoms with Crippen molar-refractivity contribution in [3.8, 4) is 0 Å². The minimum Gasteiger partial charge on any atom is -0.465 e. The van der Waals surface area contributed by atoms with Gasteiger partial charge in [0.2, 0.25) is 5.91 Å². The third kappa shape index (κ3) is 4.59. The number of nitrogens with zero attached hydrogens (tertiary/aromatic N) is 1. The number of benzene rings is 1. The lowest BCUT2D eigenvalue weighted by Crippen LogP contribution is -2.23. The molecule has 2 rings (SSSR count). The largest absolute Gasteiger partial charge is 0.465 e. The molecule has 1 aromatic heterocycles. The number of H-pyrrole nitrogens is 1. The van der Waals surface area contributed by atoms with Crippen molar-refractivity contribution >= 4 is 35.1 Å². The Morgan fingerprint density at radius 1 is 1.33 bits per heavy atom. The van der Waals surface area contributed by atoms with Crippen molar-refractivity contribution in [1.82, 2.24) is 9.97 Å². The Morgan fingerprint density at radius 2 is 2.00 bits per heavy atom. The van der Waals surface area contributed by atoms with Crippen LogP contribution in [-0.4, -0.2) is 34.2 Å². The van der Waals surface area contributed by atoms with Crippen LogP contribution in [0.25, 0.3) is 0 Å². The number of carbonyl (C=O) groups is 2. The predicted octanol–water partition coefficient (Wildman–Crippen LogP) is 1.26. The lowest BCUT2D eigenvalue weighted by atomic mass is 10.2. The molecule has 1 aromatic carbocycles. The Bertz CT molecular complexity index is 804. The topological polar surface area (TPSA) is 127 Å². The van der Waals surface area contributed by atoms with Crippen LogP contribution >= 0.6 is 11.8 Å². The van der Waals surface area contributed by atoms with E-state index in [2.05, 4.69) is 20.0 Å². The quantitative estimate of drug-likeness (QED) is 0.421. The van der Waals surface area contributed by atoms with Gasteiger partial charge in [-0.15, -0.1) is 0 Å². The van der Waals surface area contributed by atoms with Gasteiger partial charge in [0.15, 0.2) is 5.16 Å². The third-order valence-corrected chi connectivity index (χ3v) is 3.96. The molecule has 0 saturated carbocycles. The molecule has 24 heavy (non-hydrogen) atoms. The summed E-state index contributed by atoms with van der Waals surface area (Å²) >= 11 is 1.08. The van der Waals surface area contributed by atoms with Gasteiger partial charge in [-0.1, -0.05) is 11.8 Å². The van der Waals surface area contributed by atoms with E-state index in [1.165, 1.54) is 7.11 Å². The maximum Gasteiger partial charge on any atom is 0.337 e. The molecular formula is C15H16N4O4S. The first-order valence-electron chi connectivity index (χ1n) is 6.92. The summed E-state index contributed by atoms with van der Waals surface area (Å²) in [6, 6.07) is 7.47. The number of amides is 1. The van der Waals surface area contributed by atoms with Gasteiger partial charge < -0.3 is 20.8 Å². The highest BCUT2D eigenvalue weighted by molar-refractivity contribution is 8.00. The Labute approximate surface area is 141 Å². The van der Waals surface area contributed by atoms with E-state index in [4.69, 9.17) is 5.73 Å². The van der Waals surface area contributed by atoms with Crippen LogP contribution in [0.5, 0.6) is 0 Å². The zero-order valence-electron chi connectivity index (χ0n) is 13.0. The number of hydrogen-bond acceptors (Lipinski definition) is 7. The molecule has 0 aliphatic rings. The van der Waals surface area contributed by atoms with Crippen molar-refractivity contribution in [2.45, 2.75) is 17.3 Å². The molecule has 0 saturated heterocycles. The number of methoxy groups -OCH3 is 1. The van der Waals surface area contributed by atoms with Crippen LogP contribution in [0.1, 0.15) is 17.3 Å². The lowest BCUT2D eigenvalue weighted by molar-refractivity contribution is -0.115. The van der Waals surface area contributed by atoms with E-state index in [-0.39, 0.29) is 22.4 Å². The first kappa shape index (κ1) is 17.5. The van der Waals surface area contributed by atoms with Gasteiger partial charge in [-0.2, -0.15) is 0 Å². The zero-order chi connectivity index (χ0) is 17.7. The van der Waals surface area contributed by atoms with Crippen LogP contribution in [-0.2, 0) is 9.53 Å². The average molecular weight is 348 g/mol. The summed E-state index contributed by atoms with van der Waals surface area (Å²) in [4.78, 5) is 41.3. The number of nitrogen functional groups attached to an aromatic ring is 1. The number of rotatable bonds is 5. The first-order valence-corrected chi connectivity index (χ1v) is 7.79. The molecule has 0 radical (unpaired) electrons. The highest BCUT2D eigenvalue weighted by Crippen LogP contribution is 2.20. The molecule has 4 N–H and O–H groups in total. The number of nitrogens with one attached hydrogen (secondary N) is 2. The summed E-state index contributed by atoms with van der Waals surface area (Å²) in [6.07, 6.45) is 0. The molecule has 126 valence electrons. The zero-order valence-corrected chi connectivity index (χ0v) is 13.8. The molecule has 0 fully saturated rings. The van der Waals surface area contributed by atoms with E-state index in [1.54, 1.807) is 31.2 Å². The number of carbonyl (C=O) groups excluding carboxylic acids is 2. The molecule has 0 unspecified atom stereocenters. The van der Waals surface area contributed by atoms with E-state index >= 15 is 0 Å². The van der Waals surface area contributed by atoms with Crippen molar-refractivity contribution in [2.75, 3.05) is 18.2 Å². The van der Waals surface area contributed by atoms with Crippen molar-refractivity contribution in [3.05, 3.63) is 46.2 Å². The minimum absolute atomic E-state index is 0.0901. The standard InChI is InChI=1S/C15H16N4O4S/c1-8(24-15-18-11(16)7-12(20)19-15)13(21)17-10-5-3-9(4-6-10)14(22)23-2/h3-8H,1-2H3,(H,17,21)(H3,16,18,19,20)/t8-/m0/s1. The van der Waals surface area contributed by atoms with Gasteiger partial charge >= 0.3 is 5.97 Å². The number of aromatic amines is 1. The number of esters is 1. The molecule has 0 spiro atoms. The summed E-state index contributed by atoms with van der Waals surface area (Å²) in [5.74, 6) is -0.642. The summed E-state index contributed by atoms with van der Waals surface area (Å²) < 4.78 is 4.61. The Hall–Kier alpha value is -2.81. The van der Waals surface area contributed by atoms with E-state index in [9.17, 15) is 14.4 Å². The van der Waals surface area contributed by atoms with Crippen LogP contribution in [0.3, 0.4) is 0 Å². The molecule has 9 heteroatoms. The Balaban J connectivity index is 2.00. The van der Waals surface area contributed by atoms with E-state index in [0.29, 0.717) is 11.3 Å². The van der Waals surface area contributed by atoms with Crippen LogP contribution in [0, 0.1) is 0 Å². The highest BCUT2D eigenvalue weighted by Gasteiger charge is 2.16. The van der Waals surface area contributed by atoms with Gasteiger partial charge in [0.05, 0.1) is 17.9 Å². The normalized spacial score (nSPS) is 11.6. The molecule has 0 aliphatic heterocycles. The fourth-order valence-electron chi connectivity index (χ4n) is 1.78. The smallest absolute Gasteiger partial charge is 0.337 e. The number of aromatic nitrogens is 2. The molecule has 0 aliphatic carbocycles. The second-order valence-electron chi connectivity index (χ2n) is 4.79. The van der Waals surface area contributed by atoms with Crippen LogP contribution in [0.15, 0.2) is 40.3 Å². The average Bonchev–Trinajstić information content (AvgIpc) is 2.53. The van der Waals surface area contributed by atoms with E-state index in [1.807, 2.05) is 0 Å². The van der Waals surface area contributed by atoms with Gasteiger partial charge in [-0.05, 0) is 31.2 Å². The SMILES string of the molecule is COC(=O)c1ccc(NC(=O)[C@H](C)Sc2nc(N)cc(=O)[nH]2)cc1. The molecule has 1 heterocycles. The number of thioether (sulfide) groups is 1. The second kappa shape index (κ2) is 7.64. The van der Waals surface area contributed by atoms with Crippen LogP contribution < -0.4 is 16.6 Å². The van der Waals surface area contributed by atoms with Crippen LogP contribution in [0.4, 0.5) is 11.5 Å². The lowest BCUT2D eigenvalue weighted by Gasteiger charge is -2.11. The minimum atomic E-state index is -0.518. The summed E-state index contributed by atoms with van der Waals surface area (Å²) in [5, 5.41) is 2.46. The van der Waals surface area contributed by atoms with Crippen LogP contribution in [0.2, 0.25) is 0 Å². The van der Waals surface area contributed by atoms with Gasteiger partial charge in [-0.25, -0.2) is 9.78 Å². The van der Waals surface area contributed by atoms with Crippen molar-refractivity contribution in [1.29, 1.82) is 0 Å². The maximum atomic E-state index is 12.2. The van der Waals surface area contributed by atoms with Gasteiger partial charge in [0.1, 0.15) is 5.82 Å². The number of nitrogens with two attached hydrogens (primary N) is 1. The van der Waals surface area contributed by atoms with Gasteiger partial charge in [0, 0.05) is 11.8 Å². The molecule has 1 amide bonds. The number of hydrogen-bond donors (Lipinski definition) is 3.